The maximum atomic E-state index is 11.2. The van der Waals surface area contributed by atoms with Gasteiger partial charge in [-0.05, 0) is 12.5 Å². The number of carbonyl (C=O) groups is 1. The van der Waals surface area contributed by atoms with E-state index in [4.69, 9.17) is 9.84 Å². The molecule has 1 aromatic heterocycles. The molecule has 1 aromatic carbocycles. The molecule has 0 spiro atoms. The van der Waals surface area contributed by atoms with Gasteiger partial charge in [0.05, 0.1) is 17.7 Å². The van der Waals surface area contributed by atoms with Crippen molar-refractivity contribution in [3.63, 3.8) is 0 Å². The van der Waals surface area contributed by atoms with E-state index in [0.717, 1.165) is 6.42 Å². The van der Waals surface area contributed by atoms with E-state index in [1.165, 1.54) is 6.07 Å². The molecule has 0 radical (unpaired) electrons. The molecule has 0 aliphatic rings. The van der Waals surface area contributed by atoms with Gasteiger partial charge in [-0.1, -0.05) is 25.1 Å². The number of rotatable bonds is 4. The molecule has 4 heteroatoms. The molecule has 88 valence electrons. The minimum atomic E-state index is -0.968. The van der Waals surface area contributed by atoms with E-state index in [1.54, 1.807) is 18.2 Å². The molecule has 0 bridgehead atoms. The summed E-state index contributed by atoms with van der Waals surface area (Å²) in [6.45, 7) is 2.52. The third-order valence-corrected chi connectivity index (χ3v) is 2.38. The number of aromatic carboxylic acids is 1. The van der Waals surface area contributed by atoms with Gasteiger partial charge in [-0.3, -0.25) is 0 Å². The van der Waals surface area contributed by atoms with Crippen LogP contribution >= 0.6 is 0 Å². The van der Waals surface area contributed by atoms with Crippen molar-refractivity contribution in [3.05, 3.63) is 35.9 Å². The maximum absolute atomic E-state index is 11.2. The smallest absolute Gasteiger partial charge is 0.336 e. The van der Waals surface area contributed by atoms with Gasteiger partial charge in [-0.2, -0.15) is 0 Å². The molecule has 0 unspecified atom stereocenters. The van der Waals surface area contributed by atoms with Gasteiger partial charge in [-0.15, -0.1) is 0 Å². The zero-order chi connectivity index (χ0) is 12.3. The second kappa shape index (κ2) is 4.82. The minimum absolute atomic E-state index is 0.224. The quantitative estimate of drug-likeness (QED) is 0.878. The molecule has 0 aliphatic heterocycles. The second-order valence-electron chi connectivity index (χ2n) is 3.68. The normalized spacial score (nSPS) is 10.4. The molecule has 1 heterocycles. The van der Waals surface area contributed by atoms with Crippen LogP contribution in [0.1, 0.15) is 23.7 Å². The highest BCUT2D eigenvalue weighted by Crippen LogP contribution is 2.22. The number of carboxylic acid groups (broad SMARTS) is 1. The zero-order valence-electron chi connectivity index (χ0n) is 9.51. The Hall–Kier alpha value is -2.10. The van der Waals surface area contributed by atoms with Crippen molar-refractivity contribution < 1.29 is 14.6 Å². The summed E-state index contributed by atoms with van der Waals surface area (Å²) in [5.41, 5.74) is 0.861. The first-order chi connectivity index (χ1) is 8.22. The Labute approximate surface area is 98.9 Å². The average Bonchev–Trinajstić information content (AvgIpc) is 2.35. The van der Waals surface area contributed by atoms with Crippen LogP contribution in [0, 0.1) is 0 Å². The number of aromatic nitrogens is 1. The molecular weight excluding hydrogens is 218 g/mol. The van der Waals surface area contributed by atoms with E-state index < -0.39 is 5.97 Å². The molecule has 2 rings (SSSR count). The van der Waals surface area contributed by atoms with E-state index in [-0.39, 0.29) is 5.56 Å². The van der Waals surface area contributed by atoms with Gasteiger partial charge < -0.3 is 9.84 Å². The van der Waals surface area contributed by atoms with Crippen molar-refractivity contribution in [1.29, 1.82) is 0 Å². The van der Waals surface area contributed by atoms with Crippen molar-refractivity contribution in [3.8, 4) is 5.88 Å². The topological polar surface area (TPSA) is 59.4 Å². The van der Waals surface area contributed by atoms with Crippen LogP contribution in [0.5, 0.6) is 5.88 Å². The first-order valence-electron chi connectivity index (χ1n) is 5.48. The molecule has 0 saturated carbocycles. The minimum Gasteiger partial charge on any atom is -0.478 e. The van der Waals surface area contributed by atoms with Crippen molar-refractivity contribution in [1.82, 2.24) is 4.98 Å². The number of benzene rings is 1. The van der Waals surface area contributed by atoms with Crippen LogP contribution in [0.2, 0.25) is 0 Å². The van der Waals surface area contributed by atoms with E-state index in [9.17, 15) is 4.79 Å². The van der Waals surface area contributed by atoms with Crippen LogP contribution in [0.15, 0.2) is 30.3 Å². The van der Waals surface area contributed by atoms with Gasteiger partial charge >= 0.3 is 5.97 Å². The number of nitrogens with zero attached hydrogens (tertiary/aromatic N) is 1. The Kier molecular flexibility index (Phi) is 3.23. The lowest BCUT2D eigenvalue weighted by molar-refractivity contribution is 0.0698. The van der Waals surface area contributed by atoms with Crippen LogP contribution in [-0.2, 0) is 0 Å². The molecule has 4 nitrogen and oxygen atoms in total. The molecular formula is C13H13NO3. The predicted octanol–water partition coefficient (Wildman–Crippen LogP) is 2.72. The molecule has 17 heavy (non-hydrogen) atoms. The summed E-state index contributed by atoms with van der Waals surface area (Å²) >= 11 is 0. The standard InChI is InChI=1S/C13H13NO3/c1-2-7-17-12-8-10(13(15)16)9-5-3-4-6-11(9)14-12/h3-6,8H,2,7H2,1H3,(H,15,16). The lowest BCUT2D eigenvalue weighted by Gasteiger charge is -2.07. The monoisotopic (exact) mass is 231 g/mol. The highest BCUT2D eigenvalue weighted by molar-refractivity contribution is 6.02. The lowest BCUT2D eigenvalue weighted by Crippen LogP contribution is -2.03. The van der Waals surface area contributed by atoms with E-state index >= 15 is 0 Å². The summed E-state index contributed by atoms with van der Waals surface area (Å²) in [5, 5.41) is 9.78. The number of hydrogen-bond acceptors (Lipinski definition) is 3. The summed E-state index contributed by atoms with van der Waals surface area (Å²) in [7, 11) is 0. The van der Waals surface area contributed by atoms with Crippen LogP contribution in [0.4, 0.5) is 0 Å². The van der Waals surface area contributed by atoms with Crippen molar-refractivity contribution in [2.45, 2.75) is 13.3 Å². The van der Waals surface area contributed by atoms with Crippen LogP contribution in [0.3, 0.4) is 0 Å². The summed E-state index contributed by atoms with van der Waals surface area (Å²) in [6.07, 6.45) is 0.858. The van der Waals surface area contributed by atoms with E-state index in [0.29, 0.717) is 23.4 Å². The summed E-state index contributed by atoms with van der Waals surface area (Å²) in [4.78, 5) is 15.4. The average molecular weight is 231 g/mol. The van der Waals surface area contributed by atoms with Gasteiger partial charge in [0.1, 0.15) is 0 Å². The third kappa shape index (κ3) is 2.36. The second-order valence-corrected chi connectivity index (χ2v) is 3.68. The van der Waals surface area contributed by atoms with Crippen LogP contribution in [0.25, 0.3) is 10.9 Å². The van der Waals surface area contributed by atoms with Gasteiger partial charge in [0, 0.05) is 11.5 Å². The zero-order valence-corrected chi connectivity index (χ0v) is 9.51. The molecule has 2 aromatic rings. The molecule has 0 saturated heterocycles. The fourth-order valence-corrected chi connectivity index (χ4v) is 1.61. The first kappa shape index (κ1) is 11.4. The third-order valence-electron chi connectivity index (χ3n) is 2.38. The van der Waals surface area contributed by atoms with Crippen LogP contribution in [-0.4, -0.2) is 22.7 Å². The summed E-state index contributed by atoms with van der Waals surface area (Å²) in [5.74, 6) is -0.604. The number of pyridine rings is 1. The van der Waals surface area contributed by atoms with Crippen molar-refractivity contribution >= 4 is 16.9 Å². The molecule has 0 fully saturated rings. The van der Waals surface area contributed by atoms with E-state index in [2.05, 4.69) is 4.98 Å². The maximum Gasteiger partial charge on any atom is 0.336 e. The largest absolute Gasteiger partial charge is 0.478 e. The fraction of sp³-hybridized carbons (Fsp3) is 0.231. The Morgan fingerprint density at radius 1 is 1.41 bits per heavy atom. The SMILES string of the molecule is CCCOc1cc(C(=O)O)c2ccccc2n1. The predicted molar refractivity (Wildman–Crippen MR) is 64.5 cm³/mol. The highest BCUT2D eigenvalue weighted by atomic mass is 16.5. The highest BCUT2D eigenvalue weighted by Gasteiger charge is 2.11. The van der Waals surface area contributed by atoms with Gasteiger partial charge in [0.2, 0.25) is 5.88 Å². The molecule has 0 amide bonds. The van der Waals surface area contributed by atoms with Crippen LogP contribution < -0.4 is 4.74 Å². The van der Waals surface area contributed by atoms with Crippen molar-refractivity contribution in [2.75, 3.05) is 6.61 Å². The Balaban J connectivity index is 2.55. The number of para-hydroxylation sites is 1. The Morgan fingerprint density at radius 3 is 2.88 bits per heavy atom. The Bertz CT molecular complexity index is 551. The van der Waals surface area contributed by atoms with Gasteiger partial charge in [-0.25, -0.2) is 9.78 Å². The molecule has 0 aliphatic carbocycles. The Morgan fingerprint density at radius 2 is 2.18 bits per heavy atom. The number of carboxylic acids is 1. The summed E-state index contributed by atoms with van der Waals surface area (Å²) in [6, 6.07) is 8.61. The number of hydrogen-bond donors (Lipinski definition) is 1. The first-order valence-corrected chi connectivity index (χ1v) is 5.48. The van der Waals surface area contributed by atoms with Gasteiger partial charge in [0.15, 0.2) is 0 Å². The number of ether oxygens (including phenoxy) is 1. The van der Waals surface area contributed by atoms with Crippen molar-refractivity contribution in [2.24, 2.45) is 0 Å². The fourth-order valence-electron chi connectivity index (χ4n) is 1.61. The molecule has 1 N–H and O–H groups in total. The van der Waals surface area contributed by atoms with E-state index in [1.807, 2.05) is 13.0 Å². The lowest BCUT2D eigenvalue weighted by atomic mass is 10.1. The van der Waals surface area contributed by atoms with Gasteiger partial charge in [0.25, 0.3) is 0 Å². The summed E-state index contributed by atoms with van der Waals surface area (Å²) < 4.78 is 5.38. The molecule has 0 atom stereocenters. The number of fused-ring (bicyclic) bond motifs is 1.